The molecule has 3 rings (SSSR count). The fourth-order valence-electron chi connectivity index (χ4n) is 2.49. The number of para-hydroxylation sites is 1. The predicted octanol–water partition coefficient (Wildman–Crippen LogP) is 3.04. The maximum Gasteiger partial charge on any atom is 0.273 e. The van der Waals surface area contributed by atoms with Gasteiger partial charge in [-0.3, -0.25) is 4.79 Å². The molecule has 24 heavy (non-hydrogen) atoms. The highest BCUT2D eigenvalue weighted by molar-refractivity contribution is 6.37. The second-order valence-electron chi connectivity index (χ2n) is 5.52. The highest BCUT2D eigenvalue weighted by Crippen LogP contribution is 2.32. The Labute approximate surface area is 149 Å². The predicted molar refractivity (Wildman–Crippen MR) is 90.7 cm³/mol. The number of carbonyl (C=O) groups is 1. The summed E-state index contributed by atoms with van der Waals surface area (Å²) in [4.78, 5) is 12.1. The van der Waals surface area contributed by atoms with Crippen LogP contribution in [0.1, 0.15) is 29.1 Å². The first-order valence-electron chi connectivity index (χ1n) is 7.67. The van der Waals surface area contributed by atoms with Crippen molar-refractivity contribution < 1.29 is 14.1 Å². The van der Waals surface area contributed by atoms with Gasteiger partial charge in [0.15, 0.2) is 17.2 Å². The molecule has 1 atom stereocenters. The van der Waals surface area contributed by atoms with Gasteiger partial charge in [-0.25, -0.2) is 0 Å². The molecule has 2 aromatic rings. The van der Waals surface area contributed by atoms with Gasteiger partial charge in [0.05, 0.1) is 10.0 Å². The lowest BCUT2D eigenvalue weighted by atomic mass is 10.2. The standard InChI is InChI=1S/C16H17Cl2N3O3/c17-12-4-1-5-13(18)15(12)23-9-11-7-14(21-24-11)16(22)20-8-10-3-2-6-19-10/h1,4-5,7,10,19H,2-3,6,8-9H2,(H,20,22). The third kappa shape index (κ3) is 4.20. The zero-order valence-corrected chi connectivity index (χ0v) is 14.4. The summed E-state index contributed by atoms with van der Waals surface area (Å²) in [6.45, 7) is 1.65. The molecule has 128 valence electrons. The molecule has 1 aliphatic rings. The first-order chi connectivity index (χ1) is 11.6. The molecule has 0 radical (unpaired) electrons. The van der Waals surface area contributed by atoms with Crippen LogP contribution in [0.25, 0.3) is 0 Å². The summed E-state index contributed by atoms with van der Waals surface area (Å²) in [5.41, 5.74) is 0.219. The Kier molecular flexibility index (Phi) is 5.60. The minimum Gasteiger partial charge on any atom is -0.482 e. The van der Waals surface area contributed by atoms with Crippen LogP contribution in [0.3, 0.4) is 0 Å². The molecule has 2 heterocycles. The third-order valence-corrected chi connectivity index (χ3v) is 4.34. The Balaban J connectivity index is 1.54. The lowest BCUT2D eigenvalue weighted by molar-refractivity contribution is 0.0941. The summed E-state index contributed by atoms with van der Waals surface area (Å²) in [7, 11) is 0. The van der Waals surface area contributed by atoms with Crippen LogP contribution in [0.15, 0.2) is 28.8 Å². The summed E-state index contributed by atoms with van der Waals surface area (Å²) in [6, 6.07) is 6.96. The first kappa shape index (κ1) is 17.1. The van der Waals surface area contributed by atoms with Gasteiger partial charge in [-0.2, -0.15) is 0 Å². The van der Waals surface area contributed by atoms with Crippen LogP contribution < -0.4 is 15.4 Å². The number of halogens is 2. The Morgan fingerprint density at radius 1 is 1.42 bits per heavy atom. The van der Waals surface area contributed by atoms with Gasteiger partial charge in [-0.05, 0) is 31.5 Å². The van der Waals surface area contributed by atoms with E-state index in [0.717, 1.165) is 19.4 Å². The topological polar surface area (TPSA) is 76.4 Å². The van der Waals surface area contributed by atoms with E-state index < -0.39 is 0 Å². The number of ether oxygens (including phenoxy) is 1. The van der Waals surface area contributed by atoms with E-state index in [1.807, 2.05) is 0 Å². The Hall–Kier alpha value is -1.76. The molecule has 0 saturated carbocycles. The summed E-state index contributed by atoms with van der Waals surface area (Å²) < 4.78 is 10.7. The van der Waals surface area contributed by atoms with Crippen molar-refractivity contribution in [2.24, 2.45) is 0 Å². The quantitative estimate of drug-likeness (QED) is 0.818. The van der Waals surface area contributed by atoms with E-state index in [2.05, 4.69) is 15.8 Å². The minimum atomic E-state index is -0.269. The van der Waals surface area contributed by atoms with E-state index in [9.17, 15) is 4.79 Å². The maximum atomic E-state index is 12.1. The van der Waals surface area contributed by atoms with Crippen molar-refractivity contribution in [3.63, 3.8) is 0 Å². The van der Waals surface area contributed by atoms with Crippen LogP contribution >= 0.6 is 23.2 Å². The molecular formula is C16H17Cl2N3O3. The number of nitrogens with one attached hydrogen (secondary N) is 2. The van der Waals surface area contributed by atoms with Crippen molar-refractivity contribution in [1.82, 2.24) is 15.8 Å². The number of carbonyl (C=O) groups excluding carboxylic acids is 1. The number of benzene rings is 1. The second-order valence-corrected chi connectivity index (χ2v) is 6.34. The molecule has 1 aliphatic heterocycles. The molecule has 8 heteroatoms. The van der Waals surface area contributed by atoms with Crippen molar-refractivity contribution in [2.45, 2.75) is 25.5 Å². The molecule has 1 unspecified atom stereocenters. The minimum absolute atomic E-state index is 0.0773. The van der Waals surface area contributed by atoms with E-state index in [-0.39, 0.29) is 18.2 Å². The second kappa shape index (κ2) is 7.88. The zero-order valence-electron chi connectivity index (χ0n) is 12.9. The highest BCUT2D eigenvalue weighted by atomic mass is 35.5. The summed E-state index contributed by atoms with van der Waals surface area (Å²) in [5.74, 6) is 0.514. The van der Waals surface area contributed by atoms with E-state index in [1.165, 1.54) is 0 Å². The summed E-state index contributed by atoms with van der Waals surface area (Å²) in [6.07, 6.45) is 2.20. The summed E-state index contributed by atoms with van der Waals surface area (Å²) in [5, 5.41) is 10.7. The van der Waals surface area contributed by atoms with Crippen molar-refractivity contribution in [3.05, 3.63) is 45.8 Å². The lowest BCUT2D eigenvalue weighted by Crippen LogP contribution is -2.37. The molecule has 0 spiro atoms. The van der Waals surface area contributed by atoms with E-state index in [1.54, 1.807) is 24.3 Å². The van der Waals surface area contributed by atoms with Gasteiger partial charge in [-0.15, -0.1) is 0 Å². The number of aromatic nitrogens is 1. The zero-order chi connectivity index (χ0) is 16.9. The Morgan fingerprint density at radius 2 is 2.21 bits per heavy atom. The van der Waals surface area contributed by atoms with Crippen molar-refractivity contribution in [3.8, 4) is 5.75 Å². The molecule has 2 N–H and O–H groups in total. The van der Waals surface area contributed by atoms with Crippen LogP contribution in [0.5, 0.6) is 5.75 Å². The van der Waals surface area contributed by atoms with Gasteiger partial charge in [-0.1, -0.05) is 34.4 Å². The Bertz CT molecular complexity index is 694. The van der Waals surface area contributed by atoms with Gasteiger partial charge in [0.25, 0.3) is 5.91 Å². The van der Waals surface area contributed by atoms with Crippen LogP contribution in [-0.4, -0.2) is 30.2 Å². The van der Waals surface area contributed by atoms with E-state index >= 15 is 0 Å². The molecule has 0 aliphatic carbocycles. The van der Waals surface area contributed by atoms with Gasteiger partial charge in [0, 0.05) is 18.7 Å². The molecule has 1 amide bonds. The number of nitrogens with zero attached hydrogens (tertiary/aromatic N) is 1. The molecule has 1 fully saturated rings. The molecule has 1 saturated heterocycles. The SMILES string of the molecule is O=C(NCC1CCCN1)c1cc(COc2c(Cl)cccc2Cl)on1. The third-order valence-electron chi connectivity index (χ3n) is 3.74. The van der Waals surface area contributed by atoms with Gasteiger partial charge in [0.1, 0.15) is 6.61 Å². The number of rotatable bonds is 6. The van der Waals surface area contributed by atoms with Crippen LogP contribution in [0.2, 0.25) is 10.0 Å². The van der Waals surface area contributed by atoms with Gasteiger partial charge < -0.3 is 19.9 Å². The van der Waals surface area contributed by atoms with Gasteiger partial charge >= 0.3 is 0 Å². The van der Waals surface area contributed by atoms with Crippen molar-refractivity contribution >= 4 is 29.1 Å². The Morgan fingerprint density at radius 3 is 2.92 bits per heavy atom. The highest BCUT2D eigenvalue weighted by Gasteiger charge is 2.18. The number of hydrogen-bond acceptors (Lipinski definition) is 5. The number of amides is 1. The normalized spacial score (nSPS) is 17.0. The molecule has 1 aromatic carbocycles. The monoisotopic (exact) mass is 369 g/mol. The number of hydrogen-bond donors (Lipinski definition) is 2. The molecular weight excluding hydrogens is 353 g/mol. The van der Waals surface area contributed by atoms with Gasteiger partial charge in [0.2, 0.25) is 0 Å². The summed E-state index contributed by atoms with van der Waals surface area (Å²) >= 11 is 12.1. The first-order valence-corrected chi connectivity index (χ1v) is 8.43. The molecule has 6 nitrogen and oxygen atoms in total. The van der Waals surface area contributed by atoms with Crippen molar-refractivity contribution in [2.75, 3.05) is 13.1 Å². The molecule has 1 aromatic heterocycles. The fourth-order valence-corrected chi connectivity index (χ4v) is 3.00. The smallest absolute Gasteiger partial charge is 0.273 e. The van der Waals surface area contributed by atoms with E-state index in [0.29, 0.717) is 34.1 Å². The van der Waals surface area contributed by atoms with Crippen molar-refractivity contribution in [1.29, 1.82) is 0 Å². The van der Waals surface area contributed by atoms with Crippen LogP contribution in [-0.2, 0) is 6.61 Å². The van der Waals surface area contributed by atoms with Crippen LogP contribution in [0, 0.1) is 0 Å². The average Bonchev–Trinajstić information content (AvgIpc) is 3.24. The lowest BCUT2D eigenvalue weighted by Gasteiger charge is -2.09. The maximum absolute atomic E-state index is 12.1. The van der Waals surface area contributed by atoms with E-state index in [4.69, 9.17) is 32.5 Å². The average molecular weight is 370 g/mol. The largest absolute Gasteiger partial charge is 0.482 e. The molecule has 0 bridgehead atoms. The fraction of sp³-hybridized carbons (Fsp3) is 0.375. The van der Waals surface area contributed by atoms with Crippen LogP contribution in [0.4, 0.5) is 0 Å².